The van der Waals surface area contributed by atoms with Gasteiger partial charge in [0, 0.05) is 5.30 Å². The van der Waals surface area contributed by atoms with Crippen LogP contribution in [-0.2, 0) is 9.09 Å². The lowest BCUT2D eigenvalue weighted by Gasteiger charge is -2.14. The quantitative estimate of drug-likeness (QED) is 0.593. The molecule has 0 aliphatic rings. The van der Waals surface area contributed by atoms with Gasteiger partial charge in [0.05, 0.1) is 6.61 Å². The van der Waals surface area contributed by atoms with Crippen molar-refractivity contribution in [2.24, 2.45) is 0 Å². The number of rotatable bonds is 4. The lowest BCUT2D eigenvalue weighted by molar-refractivity contribution is 0.343. The molecule has 0 fully saturated rings. The minimum Gasteiger partial charge on any atom is -0.325 e. The molecule has 0 spiro atoms. The summed E-state index contributed by atoms with van der Waals surface area (Å²) in [7, 11) is -2.97. The zero-order valence-electron chi connectivity index (χ0n) is 7.74. The molecular weight excluding hydrogens is 226 g/mol. The molecule has 0 saturated carbocycles. The summed E-state index contributed by atoms with van der Waals surface area (Å²) in [5.41, 5.74) is -0.0908. The molecule has 0 N–H and O–H groups in total. The molecule has 0 bridgehead atoms. The van der Waals surface area contributed by atoms with E-state index < -0.39 is 7.37 Å². The summed E-state index contributed by atoms with van der Waals surface area (Å²) >= 11 is 5.58. The molecule has 0 aromatic heterocycles. The first-order valence-corrected chi connectivity index (χ1v) is 6.52. The molecule has 14 heavy (non-hydrogen) atoms. The van der Waals surface area contributed by atoms with Crippen molar-refractivity contribution in [1.29, 1.82) is 0 Å². The van der Waals surface area contributed by atoms with Gasteiger partial charge in [-0.2, -0.15) is 0 Å². The monoisotopic (exact) mass is 236 g/mol. The van der Waals surface area contributed by atoms with Crippen LogP contribution in [0.3, 0.4) is 0 Å². The van der Waals surface area contributed by atoms with Gasteiger partial charge in [-0.05, 0) is 31.2 Å². The zero-order chi connectivity index (χ0) is 10.6. The average Bonchev–Trinajstić information content (AvgIpc) is 2.19. The largest absolute Gasteiger partial charge is 0.325 e. The van der Waals surface area contributed by atoms with E-state index >= 15 is 0 Å². The fourth-order valence-corrected chi connectivity index (χ4v) is 3.05. The maximum Gasteiger partial charge on any atom is 0.246 e. The van der Waals surface area contributed by atoms with E-state index in [0.717, 1.165) is 0 Å². The van der Waals surface area contributed by atoms with Crippen LogP contribution in [0.1, 0.15) is 6.92 Å². The van der Waals surface area contributed by atoms with Crippen LogP contribution in [-0.4, -0.2) is 12.2 Å². The number of hydrogen-bond acceptors (Lipinski definition) is 2. The lowest BCUT2D eigenvalue weighted by Crippen LogP contribution is -2.08. The fourth-order valence-electron chi connectivity index (χ4n) is 1.05. The van der Waals surface area contributed by atoms with Crippen molar-refractivity contribution in [3.05, 3.63) is 30.1 Å². The van der Waals surface area contributed by atoms with Crippen molar-refractivity contribution in [2.45, 2.75) is 6.92 Å². The summed E-state index contributed by atoms with van der Waals surface area (Å²) in [6.07, 6.45) is 0. The van der Waals surface area contributed by atoms with Crippen LogP contribution < -0.4 is 5.30 Å². The van der Waals surface area contributed by atoms with E-state index in [1.165, 1.54) is 24.3 Å². The second-order valence-electron chi connectivity index (χ2n) is 2.69. The summed E-state index contributed by atoms with van der Waals surface area (Å²) in [5.74, 6) is -0.369. The summed E-state index contributed by atoms with van der Waals surface area (Å²) in [4.78, 5) is 0. The molecule has 0 heterocycles. The van der Waals surface area contributed by atoms with E-state index in [1.54, 1.807) is 6.92 Å². The Bertz CT molecular complexity index is 339. The van der Waals surface area contributed by atoms with Crippen LogP contribution in [0.5, 0.6) is 0 Å². The van der Waals surface area contributed by atoms with Crippen LogP contribution in [0.4, 0.5) is 4.39 Å². The van der Waals surface area contributed by atoms with Gasteiger partial charge in [0.1, 0.15) is 11.4 Å². The molecule has 0 aliphatic heterocycles. The van der Waals surface area contributed by atoms with E-state index in [4.69, 9.17) is 16.1 Å². The number of benzene rings is 1. The molecule has 78 valence electrons. The van der Waals surface area contributed by atoms with Crippen LogP contribution >= 0.6 is 19.0 Å². The van der Waals surface area contributed by atoms with Gasteiger partial charge in [-0.1, -0.05) is 0 Å². The van der Waals surface area contributed by atoms with E-state index in [0.29, 0.717) is 11.9 Å². The molecule has 1 unspecified atom stereocenters. The standard InChI is InChI=1S/C9H11ClFO2P/c1-2-13-14(12,7-10)9-5-3-8(11)4-6-9/h3-6H,2,7H2,1H3. The Hall–Kier alpha value is -0.370. The summed E-state index contributed by atoms with van der Waals surface area (Å²) < 4.78 is 29.7. The normalized spacial score (nSPS) is 15.1. The Morgan fingerprint density at radius 2 is 2.00 bits per heavy atom. The Labute approximate surface area is 87.5 Å². The van der Waals surface area contributed by atoms with Gasteiger partial charge in [-0.3, -0.25) is 4.57 Å². The van der Waals surface area contributed by atoms with Crippen LogP contribution in [0.2, 0.25) is 0 Å². The predicted octanol–water partition coefficient (Wildman–Crippen LogP) is 2.96. The number of hydrogen-bond donors (Lipinski definition) is 0. The molecule has 1 aromatic carbocycles. The van der Waals surface area contributed by atoms with Gasteiger partial charge < -0.3 is 4.52 Å². The van der Waals surface area contributed by atoms with Crippen molar-refractivity contribution < 1.29 is 13.5 Å². The van der Waals surface area contributed by atoms with Gasteiger partial charge in [0.2, 0.25) is 7.37 Å². The molecule has 1 aromatic rings. The molecule has 0 amide bonds. The van der Waals surface area contributed by atoms with Crippen molar-refractivity contribution in [3.63, 3.8) is 0 Å². The minimum atomic E-state index is -2.97. The van der Waals surface area contributed by atoms with E-state index in [-0.39, 0.29) is 11.4 Å². The predicted molar refractivity (Wildman–Crippen MR) is 56.0 cm³/mol. The first kappa shape index (κ1) is 11.7. The molecule has 0 saturated heterocycles. The zero-order valence-corrected chi connectivity index (χ0v) is 9.39. The second-order valence-corrected chi connectivity index (χ2v) is 5.76. The third kappa shape index (κ3) is 2.57. The third-order valence-electron chi connectivity index (χ3n) is 1.72. The molecule has 0 aliphatic carbocycles. The van der Waals surface area contributed by atoms with E-state index in [1.807, 2.05) is 0 Å². The van der Waals surface area contributed by atoms with Crippen LogP contribution in [0.25, 0.3) is 0 Å². The first-order chi connectivity index (χ1) is 6.62. The summed E-state index contributed by atoms with van der Waals surface area (Å²) in [5, 5.41) is 0.454. The maximum absolute atomic E-state index is 12.6. The molecule has 1 atom stereocenters. The Balaban J connectivity index is 3.00. The van der Waals surface area contributed by atoms with E-state index in [9.17, 15) is 8.96 Å². The lowest BCUT2D eigenvalue weighted by atomic mass is 10.4. The van der Waals surface area contributed by atoms with Gasteiger partial charge in [0.25, 0.3) is 0 Å². The number of alkyl halides is 1. The van der Waals surface area contributed by atoms with E-state index in [2.05, 4.69) is 0 Å². The van der Waals surface area contributed by atoms with Crippen LogP contribution in [0, 0.1) is 5.82 Å². The molecule has 2 nitrogen and oxygen atoms in total. The molecular formula is C9H11ClFO2P. The minimum absolute atomic E-state index is 0.0908. The maximum atomic E-state index is 12.6. The van der Waals surface area contributed by atoms with Gasteiger partial charge in [-0.25, -0.2) is 4.39 Å². The smallest absolute Gasteiger partial charge is 0.246 e. The van der Waals surface area contributed by atoms with Crippen molar-refractivity contribution >= 4 is 24.3 Å². The Kier molecular flexibility index (Phi) is 4.11. The van der Waals surface area contributed by atoms with Crippen molar-refractivity contribution in [1.82, 2.24) is 0 Å². The summed E-state index contributed by atoms with van der Waals surface area (Å²) in [6.45, 7) is 2.06. The highest BCUT2D eigenvalue weighted by atomic mass is 35.5. The Morgan fingerprint density at radius 3 is 2.43 bits per heavy atom. The highest BCUT2D eigenvalue weighted by molar-refractivity contribution is 7.68. The second kappa shape index (κ2) is 4.92. The molecule has 0 radical (unpaired) electrons. The topological polar surface area (TPSA) is 26.3 Å². The first-order valence-electron chi connectivity index (χ1n) is 4.18. The summed E-state index contributed by atoms with van der Waals surface area (Å²) in [6, 6.07) is 5.36. The average molecular weight is 237 g/mol. The van der Waals surface area contributed by atoms with Gasteiger partial charge >= 0.3 is 0 Å². The van der Waals surface area contributed by atoms with Crippen LogP contribution in [0.15, 0.2) is 24.3 Å². The van der Waals surface area contributed by atoms with Gasteiger partial charge in [0.15, 0.2) is 0 Å². The highest BCUT2D eigenvalue weighted by Gasteiger charge is 2.23. The highest BCUT2D eigenvalue weighted by Crippen LogP contribution is 2.46. The van der Waals surface area contributed by atoms with Gasteiger partial charge in [-0.15, -0.1) is 11.6 Å². The fraction of sp³-hybridized carbons (Fsp3) is 0.333. The third-order valence-corrected chi connectivity index (χ3v) is 4.73. The van der Waals surface area contributed by atoms with Crippen molar-refractivity contribution in [2.75, 3.05) is 12.2 Å². The Morgan fingerprint density at radius 1 is 1.43 bits per heavy atom. The SMILES string of the molecule is CCOP(=O)(CCl)c1ccc(F)cc1. The van der Waals surface area contributed by atoms with Crippen molar-refractivity contribution in [3.8, 4) is 0 Å². The molecule has 1 rings (SSSR count). The molecule has 5 heteroatoms. The number of halogens is 2.